The molecule has 3 nitrogen and oxygen atoms in total. The fourth-order valence-corrected chi connectivity index (χ4v) is 3.40. The Balaban J connectivity index is 2.18. The van der Waals surface area contributed by atoms with Gasteiger partial charge in [0.2, 0.25) is 0 Å². The van der Waals surface area contributed by atoms with Crippen LogP contribution in [0.15, 0.2) is 22.7 Å². The molecule has 1 heterocycles. The molecular formula is C16H22BrNO2. The number of rotatable bonds is 4. The van der Waals surface area contributed by atoms with Gasteiger partial charge < -0.3 is 10.0 Å². The summed E-state index contributed by atoms with van der Waals surface area (Å²) >= 11 is 3.45. The Bertz CT molecular complexity index is 476. The second kappa shape index (κ2) is 7.11. The highest BCUT2D eigenvalue weighted by Crippen LogP contribution is 2.30. The Morgan fingerprint density at radius 2 is 2.20 bits per heavy atom. The fourth-order valence-electron chi connectivity index (χ4n) is 3.05. The van der Waals surface area contributed by atoms with Crippen LogP contribution in [0.2, 0.25) is 0 Å². The van der Waals surface area contributed by atoms with Crippen LogP contribution in [0.5, 0.6) is 0 Å². The molecule has 1 fully saturated rings. The normalized spacial score (nSPS) is 19.7. The summed E-state index contributed by atoms with van der Waals surface area (Å²) < 4.78 is 0.937. The van der Waals surface area contributed by atoms with Gasteiger partial charge in [-0.05, 0) is 43.4 Å². The van der Waals surface area contributed by atoms with Crippen LogP contribution in [0.3, 0.4) is 0 Å². The molecule has 0 bridgehead atoms. The lowest BCUT2D eigenvalue weighted by atomic mass is 9.96. The number of carboxylic acids is 1. The minimum absolute atomic E-state index is 0.405. The van der Waals surface area contributed by atoms with Gasteiger partial charge in [-0.2, -0.15) is 0 Å². The molecule has 1 aliphatic heterocycles. The molecule has 1 unspecified atom stereocenters. The summed E-state index contributed by atoms with van der Waals surface area (Å²) in [6.45, 7) is 4.15. The van der Waals surface area contributed by atoms with Crippen molar-refractivity contribution in [2.45, 2.75) is 39.0 Å². The molecule has 0 saturated carbocycles. The van der Waals surface area contributed by atoms with E-state index in [1.807, 2.05) is 6.07 Å². The molecule has 2 rings (SSSR count). The molecule has 1 saturated heterocycles. The number of halogens is 1. The van der Waals surface area contributed by atoms with E-state index >= 15 is 0 Å². The maximum absolute atomic E-state index is 11.4. The minimum atomic E-state index is -0.846. The number of aromatic carboxylic acids is 1. The zero-order valence-electron chi connectivity index (χ0n) is 11.9. The molecule has 0 aliphatic carbocycles. The van der Waals surface area contributed by atoms with Crippen LogP contribution < -0.4 is 4.90 Å². The van der Waals surface area contributed by atoms with Crippen molar-refractivity contribution >= 4 is 27.6 Å². The quantitative estimate of drug-likeness (QED) is 0.874. The van der Waals surface area contributed by atoms with Crippen molar-refractivity contribution in [1.82, 2.24) is 0 Å². The van der Waals surface area contributed by atoms with Crippen LogP contribution in [0.4, 0.5) is 5.69 Å². The van der Waals surface area contributed by atoms with Crippen molar-refractivity contribution in [3.63, 3.8) is 0 Å². The summed E-state index contributed by atoms with van der Waals surface area (Å²) in [5.41, 5.74) is 1.26. The summed E-state index contributed by atoms with van der Waals surface area (Å²) in [4.78, 5) is 13.6. The number of hydrogen-bond acceptors (Lipinski definition) is 2. The van der Waals surface area contributed by atoms with Crippen LogP contribution in [0.1, 0.15) is 49.4 Å². The molecule has 110 valence electrons. The lowest BCUT2D eigenvalue weighted by Gasteiger charge is -2.25. The van der Waals surface area contributed by atoms with Gasteiger partial charge in [0, 0.05) is 17.6 Å². The summed E-state index contributed by atoms with van der Waals surface area (Å²) in [6, 6.07) is 5.42. The van der Waals surface area contributed by atoms with E-state index in [0.717, 1.165) is 35.6 Å². The average molecular weight is 340 g/mol. The Labute approximate surface area is 129 Å². The van der Waals surface area contributed by atoms with Gasteiger partial charge in [0.15, 0.2) is 0 Å². The van der Waals surface area contributed by atoms with Gasteiger partial charge in [0.25, 0.3) is 0 Å². The highest BCUT2D eigenvalue weighted by atomic mass is 79.9. The first-order chi connectivity index (χ1) is 9.61. The third-order valence-corrected chi connectivity index (χ3v) is 4.57. The lowest BCUT2D eigenvalue weighted by Crippen LogP contribution is -2.26. The Kier molecular flexibility index (Phi) is 5.46. The smallest absolute Gasteiger partial charge is 0.337 e. The van der Waals surface area contributed by atoms with Crippen molar-refractivity contribution in [3.05, 3.63) is 28.2 Å². The number of carboxylic acid groups (broad SMARTS) is 1. The van der Waals surface area contributed by atoms with Crippen LogP contribution in [0.25, 0.3) is 0 Å². The third kappa shape index (κ3) is 3.75. The molecule has 1 aromatic carbocycles. The minimum Gasteiger partial charge on any atom is -0.478 e. The molecule has 0 spiro atoms. The van der Waals surface area contributed by atoms with Gasteiger partial charge in [-0.3, -0.25) is 0 Å². The van der Waals surface area contributed by atoms with Crippen molar-refractivity contribution in [2.75, 3.05) is 18.0 Å². The van der Waals surface area contributed by atoms with Crippen LogP contribution >= 0.6 is 15.9 Å². The molecule has 1 N–H and O–H groups in total. The summed E-state index contributed by atoms with van der Waals surface area (Å²) in [5, 5.41) is 9.35. The van der Waals surface area contributed by atoms with Gasteiger partial charge in [-0.25, -0.2) is 4.79 Å². The topological polar surface area (TPSA) is 40.5 Å². The van der Waals surface area contributed by atoms with Gasteiger partial charge >= 0.3 is 5.97 Å². The van der Waals surface area contributed by atoms with E-state index in [4.69, 9.17) is 0 Å². The summed E-state index contributed by atoms with van der Waals surface area (Å²) in [5.74, 6) is -0.0488. The van der Waals surface area contributed by atoms with E-state index < -0.39 is 5.97 Å². The largest absolute Gasteiger partial charge is 0.478 e. The van der Waals surface area contributed by atoms with E-state index in [2.05, 4.69) is 27.8 Å². The molecule has 0 amide bonds. The molecular weight excluding hydrogens is 318 g/mol. The number of anilines is 1. The van der Waals surface area contributed by atoms with Crippen molar-refractivity contribution in [1.29, 1.82) is 0 Å². The fraction of sp³-hybridized carbons (Fsp3) is 0.562. The standard InChI is InChI=1S/C16H22BrNO2/c1-2-4-12-5-3-9-18(10-8-12)15-11-13(17)6-7-14(15)16(19)20/h6-7,11-12H,2-5,8-10H2,1H3,(H,19,20). The van der Waals surface area contributed by atoms with E-state index in [1.54, 1.807) is 12.1 Å². The van der Waals surface area contributed by atoms with E-state index in [1.165, 1.54) is 25.7 Å². The molecule has 1 aliphatic rings. The molecule has 1 atom stereocenters. The first-order valence-electron chi connectivity index (χ1n) is 7.39. The Morgan fingerprint density at radius 1 is 1.40 bits per heavy atom. The van der Waals surface area contributed by atoms with E-state index in [9.17, 15) is 9.90 Å². The predicted molar refractivity (Wildman–Crippen MR) is 85.6 cm³/mol. The van der Waals surface area contributed by atoms with Crippen molar-refractivity contribution in [3.8, 4) is 0 Å². The lowest BCUT2D eigenvalue weighted by molar-refractivity contribution is 0.0697. The van der Waals surface area contributed by atoms with Gasteiger partial charge in [-0.1, -0.05) is 35.7 Å². The third-order valence-electron chi connectivity index (χ3n) is 4.08. The number of nitrogens with zero attached hydrogens (tertiary/aromatic N) is 1. The highest BCUT2D eigenvalue weighted by Gasteiger charge is 2.20. The Morgan fingerprint density at radius 3 is 2.90 bits per heavy atom. The Hall–Kier alpha value is -1.03. The van der Waals surface area contributed by atoms with E-state index in [0.29, 0.717) is 5.56 Å². The maximum Gasteiger partial charge on any atom is 0.337 e. The maximum atomic E-state index is 11.4. The SMILES string of the molecule is CCCC1CCCN(c2cc(Br)ccc2C(=O)O)CC1. The molecule has 1 aromatic rings. The first-order valence-corrected chi connectivity index (χ1v) is 8.19. The number of carbonyl (C=O) groups is 1. The average Bonchev–Trinajstić information content (AvgIpc) is 2.64. The van der Waals surface area contributed by atoms with Crippen LogP contribution in [-0.4, -0.2) is 24.2 Å². The second-order valence-electron chi connectivity index (χ2n) is 5.54. The monoisotopic (exact) mass is 339 g/mol. The molecule has 4 heteroatoms. The van der Waals surface area contributed by atoms with Crippen LogP contribution in [-0.2, 0) is 0 Å². The summed E-state index contributed by atoms with van der Waals surface area (Å²) in [6.07, 6.45) is 6.11. The van der Waals surface area contributed by atoms with Gasteiger partial charge in [-0.15, -0.1) is 0 Å². The molecule has 0 aromatic heterocycles. The zero-order valence-corrected chi connectivity index (χ0v) is 13.5. The van der Waals surface area contributed by atoms with Gasteiger partial charge in [0.05, 0.1) is 11.3 Å². The molecule has 0 radical (unpaired) electrons. The number of hydrogen-bond donors (Lipinski definition) is 1. The molecule has 20 heavy (non-hydrogen) atoms. The van der Waals surface area contributed by atoms with Gasteiger partial charge in [0.1, 0.15) is 0 Å². The zero-order chi connectivity index (χ0) is 14.5. The van der Waals surface area contributed by atoms with Crippen molar-refractivity contribution in [2.24, 2.45) is 5.92 Å². The summed E-state index contributed by atoms with van der Waals surface area (Å²) in [7, 11) is 0. The second-order valence-corrected chi connectivity index (χ2v) is 6.45. The van der Waals surface area contributed by atoms with Crippen molar-refractivity contribution < 1.29 is 9.90 Å². The van der Waals surface area contributed by atoms with Crippen LogP contribution in [0, 0.1) is 5.92 Å². The van der Waals surface area contributed by atoms with E-state index in [-0.39, 0.29) is 0 Å². The predicted octanol–water partition coefficient (Wildman–Crippen LogP) is 4.55. The number of benzene rings is 1. The highest BCUT2D eigenvalue weighted by molar-refractivity contribution is 9.10. The first kappa shape index (κ1) is 15.4.